The Bertz CT molecular complexity index is 672. The van der Waals surface area contributed by atoms with Crippen LogP contribution in [0.1, 0.15) is 11.5 Å². The molecule has 0 N–H and O–H groups in total. The average molecular weight is 269 g/mol. The predicted octanol–water partition coefficient (Wildman–Crippen LogP) is 2.20. The van der Waals surface area contributed by atoms with Gasteiger partial charge in [-0.1, -0.05) is 17.2 Å². The van der Waals surface area contributed by atoms with Crippen LogP contribution < -0.4 is 4.90 Å². The van der Waals surface area contributed by atoms with Crippen molar-refractivity contribution in [3.05, 3.63) is 54.2 Å². The summed E-state index contributed by atoms with van der Waals surface area (Å²) in [6.45, 7) is 2.49. The molecule has 0 bridgehead atoms. The largest absolute Gasteiger partial charge is 0.408 e. The van der Waals surface area contributed by atoms with Gasteiger partial charge in [-0.15, -0.1) is 5.10 Å². The second-order valence-electron chi connectivity index (χ2n) is 4.58. The van der Waals surface area contributed by atoms with Crippen LogP contribution in [0.25, 0.3) is 5.69 Å². The van der Waals surface area contributed by atoms with Gasteiger partial charge in [0.2, 0.25) is 5.89 Å². The molecule has 1 aromatic carbocycles. The van der Waals surface area contributed by atoms with E-state index in [9.17, 15) is 0 Å². The van der Waals surface area contributed by atoms with Gasteiger partial charge in [0.15, 0.2) is 0 Å². The minimum atomic E-state index is 0.527. The zero-order valence-electron chi connectivity index (χ0n) is 11.4. The van der Waals surface area contributed by atoms with Crippen molar-refractivity contribution in [3.63, 3.8) is 0 Å². The Balaban J connectivity index is 1.72. The van der Waals surface area contributed by atoms with Gasteiger partial charge < -0.3 is 9.32 Å². The molecule has 6 heteroatoms. The molecule has 0 spiro atoms. The molecule has 0 aliphatic rings. The molecule has 0 unspecified atom stereocenters. The minimum absolute atomic E-state index is 0.527. The number of hydrogen-bond donors (Lipinski definition) is 0. The van der Waals surface area contributed by atoms with E-state index in [0.29, 0.717) is 18.5 Å². The summed E-state index contributed by atoms with van der Waals surface area (Å²) in [5, 5.41) is 12.0. The molecule has 0 atom stereocenters. The van der Waals surface area contributed by atoms with Gasteiger partial charge in [-0.25, -0.2) is 4.68 Å². The van der Waals surface area contributed by atoms with Crippen molar-refractivity contribution in [1.82, 2.24) is 20.0 Å². The molecule has 2 aromatic heterocycles. The fourth-order valence-electron chi connectivity index (χ4n) is 1.96. The Hall–Kier alpha value is -2.63. The molecular formula is C14H15N5O. The number of anilines is 1. The van der Waals surface area contributed by atoms with Gasteiger partial charge in [0.1, 0.15) is 0 Å². The first-order valence-electron chi connectivity index (χ1n) is 6.32. The molecule has 0 radical (unpaired) electrons. The number of rotatable bonds is 4. The summed E-state index contributed by atoms with van der Waals surface area (Å²) >= 11 is 0. The van der Waals surface area contributed by atoms with Crippen LogP contribution >= 0.6 is 0 Å². The third kappa shape index (κ3) is 2.54. The highest BCUT2D eigenvalue weighted by atomic mass is 16.4. The van der Waals surface area contributed by atoms with Crippen molar-refractivity contribution in [3.8, 4) is 5.69 Å². The molecular weight excluding hydrogens is 254 g/mol. The van der Waals surface area contributed by atoms with E-state index in [2.05, 4.69) is 27.4 Å². The predicted molar refractivity (Wildman–Crippen MR) is 74.7 cm³/mol. The smallest absolute Gasteiger partial charge is 0.318 e. The average Bonchev–Trinajstić information content (AvgIpc) is 3.10. The van der Waals surface area contributed by atoms with Crippen LogP contribution in [-0.4, -0.2) is 27.0 Å². The lowest BCUT2D eigenvalue weighted by Gasteiger charge is -2.14. The lowest BCUT2D eigenvalue weighted by molar-refractivity contribution is 0.511. The molecule has 3 aromatic rings. The summed E-state index contributed by atoms with van der Waals surface area (Å²) in [6.07, 6.45) is 3.68. The third-order valence-electron chi connectivity index (χ3n) is 2.97. The molecule has 102 valence electrons. The summed E-state index contributed by atoms with van der Waals surface area (Å²) in [5.74, 6) is 0.570. The molecule has 6 nitrogen and oxygen atoms in total. The highest BCUT2D eigenvalue weighted by Gasteiger charge is 2.09. The van der Waals surface area contributed by atoms with Gasteiger partial charge in [0.05, 0.1) is 5.69 Å². The van der Waals surface area contributed by atoms with E-state index in [1.165, 1.54) is 5.56 Å². The Labute approximate surface area is 116 Å². The molecule has 0 aliphatic heterocycles. The summed E-state index contributed by atoms with van der Waals surface area (Å²) in [5.41, 5.74) is 2.20. The van der Waals surface area contributed by atoms with Crippen molar-refractivity contribution in [1.29, 1.82) is 0 Å². The molecule has 2 heterocycles. The molecule has 0 amide bonds. The van der Waals surface area contributed by atoms with Gasteiger partial charge in [-0.05, 0) is 23.8 Å². The normalized spacial score (nSPS) is 10.7. The SMILES string of the molecule is Cc1nnc(N(C)Cc2ccc(-n3cccn3)cc2)o1. The van der Waals surface area contributed by atoms with E-state index in [1.54, 1.807) is 13.1 Å². The standard InChI is InChI=1S/C14H15N5O/c1-11-16-17-14(20-11)18(2)10-12-4-6-13(7-5-12)19-9-3-8-15-19/h3-9H,10H2,1-2H3. The molecule has 0 aliphatic carbocycles. The van der Waals surface area contributed by atoms with Crippen LogP contribution in [0.4, 0.5) is 6.01 Å². The highest BCUT2D eigenvalue weighted by Crippen LogP contribution is 2.15. The van der Waals surface area contributed by atoms with Crippen molar-refractivity contribution in [2.75, 3.05) is 11.9 Å². The van der Waals surface area contributed by atoms with Crippen LogP contribution in [0.3, 0.4) is 0 Å². The molecule has 0 fully saturated rings. The van der Waals surface area contributed by atoms with Crippen molar-refractivity contribution in [2.45, 2.75) is 13.5 Å². The van der Waals surface area contributed by atoms with Crippen molar-refractivity contribution in [2.24, 2.45) is 0 Å². The fraction of sp³-hybridized carbons (Fsp3) is 0.214. The number of aromatic nitrogens is 4. The monoisotopic (exact) mass is 269 g/mol. The van der Waals surface area contributed by atoms with Gasteiger partial charge in [-0.2, -0.15) is 5.10 Å². The Kier molecular flexibility index (Phi) is 3.20. The van der Waals surface area contributed by atoms with E-state index in [-0.39, 0.29) is 0 Å². The van der Waals surface area contributed by atoms with E-state index >= 15 is 0 Å². The molecule has 20 heavy (non-hydrogen) atoms. The van der Waals surface area contributed by atoms with E-state index < -0.39 is 0 Å². The van der Waals surface area contributed by atoms with Gasteiger partial charge in [-0.3, -0.25) is 0 Å². The maximum atomic E-state index is 5.39. The van der Waals surface area contributed by atoms with Gasteiger partial charge in [0.25, 0.3) is 0 Å². The first kappa shape index (κ1) is 12.4. The molecule has 3 rings (SSSR count). The van der Waals surface area contributed by atoms with Gasteiger partial charge >= 0.3 is 6.01 Å². The zero-order valence-corrected chi connectivity index (χ0v) is 11.4. The number of aryl methyl sites for hydroxylation is 1. The van der Waals surface area contributed by atoms with Crippen molar-refractivity contribution >= 4 is 6.01 Å². The summed E-state index contributed by atoms with van der Waals surface area (Å²) < 4.78 is 7.22. The highest BCUT2D eigenvalue weighted by molar-refractivity contribution is 5.35. The Morgan fingerprint density at radius 3 is 2.60 bits per heavy atom. The van der Waals surface area contributed by atoms with Crippen molar-refractivity contribution < 1.29 is 4.42 Å². The van der Waals surface area contributed by atoms with Crippen LogP contribution in [-0.2, 0) is 6.54 Å². The van der Waals surface area contributed by atoms with Crippen LogP contribution in [0.2, 0.25) is 0 Å². The zero-order chi connectivity index (χ0) is 13.9. The van der Waals surface area contributed by atoms with E-state index in [1.807, 2.05) is 41.0 Å². The van der Waals surface area contributed by atoms with Crippen LogP contribution in [0.15, 0.2) is 47.1 Å². The van der Waals surface area contributed by atoms with E-state index in [4.69, 9.17) is 4.42 Å². The van der Waals surface area contributed by atoms with Crippen LogP contribution in [0, 0.1) is 6.92 Å². The first-order chi connectivity index (χ1) is 9.72. The lowest BCUT2D eigenvalue weighted by atomic mass is 10.2. The first-order valence-corrected chi connectivity index (χ1v) is 6.32. The molecule has 0 saturated heterocycles. The maximum Gasteiger partial charge on any atom is 0.318 e. The minimum Gasteiger partial charge on any atom is -0.408 e. The Morgan fingerprint density at radius 2 is 2.00 bits per heavy atom. The quantitative estimate of drug-likeness (QED) is 0.726. The van der Waals surface area contributed by atoms with Crippen LogP contribution in [0.5, 0.6) is 0 Å². The Morgan fingerprint density at radius 1 is 1.20 bits per heavy atom. The summed E-state index contributed by atoms with van der Waals surface area (Å²) in [7, 11) is 1.92. The second kappa shape index (κ2) is 5.16. The maximum absolute atomic E-state index is 5.39. The number of benzene rings is 1. The lowest BCUT2D eigenvalue weighted by Crippen LogP contribution is -2.16. The topological polar surface area (TPSA) is 60.0 Å². The summed E-state index contributed by atoms with van der Waals surface area (Å²) in [6, 6.07) is 10.6. The summed E-state index contributed by atoms with van der Waals surface area (Å²) in [4.78, 5) is 1.92. The van der Waals surface area contributed by atoms with Gasteiger partial charge in [0, 0.05) is 32.9 Å². The van der Waals surface area contributed by atoms with E-state index in [0.717, 1.165) is 5.69 Å². The fourth-order valence-corrected chi connectivity index (χ4v) is 1.96. The number of nitrogens with zero attached hydrogens (tertiary/aromatic N) is 5. The third-order valence-corrected chi connectivity index (χ3v) is 2.97. The molecule has 0 saturated carbocycles. The second-order valence-corrected chi connectivity index (χ2v) is 4.58. The number of hydrogen-bond acceptors (Lipinski definition) is 5.